The maximum absolute atomic E-state index is 14.8. The molecule has 4 amide bonds. The van der Waals surface area contributed by atoms with Crippen molar-refractivity contribution >= 4 is 56.2 Å². The number of nitrogens with one attached hydrogen (secondary N) is 4. The van der Waals surface area contributed by atoms with Crippen LogP contribution in [0, 0.1) is 5.92 Å². The summed E-state index contributed by atoms with van der Waals surface area (Å²) in [5.74, 6) is -2.05. The lowest BCUT2D eigenvalue weighted by Gasteiger charge is -2.30. The maximum atomic E-state index is 14.8. The number of rotatable bonds is 9. The molecule has 1 aromatic heterocycles. The van der Waals surface area contributed by atoms with E-state index in [1.165, 1.54) is 4.90 Å². The first-order valence-corrected chi connectivity index (χ1v) is 22.2. The number of nitrogens with zero attached hydrogens (tertiary/aromatic N) is 3. The van der Waals surface area contributed by atoms with Gasteiger partial charge < -0.3 is 25.0 Å². The van der Waals surface area contributed by atoms with E-state index < -0.39 is 67.9 Å². The molecule has 5 atom stereocenters. The third-order valence-electron chi connectivity index (χ3n) is 11.7. The standard InChI is InChI=1S/C43H57N7O8S/c1-27(2)50-33-21-15-20-31(45-40(54)58-41(3,4)5)35(33)46-39(50)57-30-24-34-36(51)47-43(38(53)48-59(55,56)42(6)22-23-42)25-28(43)16-11-8-7-9-14-19-32(37(52)49(34)26-30)44-29-17-12-10-13-18-29/h10-13,15-18,20-21,27-28,30,32,34,44H,7-9,14,19,22-26H2,1-6H3,(H,45,54)(H,47,51)(H,48,53)/t28-,30-,32+,34+,43-/m1/s1. The van der Waals surface area contributed by atoms with Gasteiger partial charge in [0.15, 0.2) is 0 Å². The molecule has 4 aliphatic rings. The van der Waals surface area contributed by atoms with Crippen LogP contribution in [0.1, 0.15) is 105 Å². The average molecular weight is 832 g/mol. The highest BCUT2D eigenvalue weighted by molar-refractivity contribution is 7.91. The van der Waals surface area contributed by atoms with Crippen molar-refractivity contribution in [2.24, 2.45) is 5.92 Å². The molecule has 0 bridgehead atoms. The van der Waals surface area contributed by atoms with E-state index in [2.05, 4.69) is 20.7 Å². The van der Waals surface area contributed by atoms with Crippen LogP contribution in [0.15, 0.2) is 60.7 Å². The Morgan fingerprint density at radius 3 is 2.46 bits per heavy atom. The number of aromatic nitrogens is 2. The molecular formula is C43H57N7O8S. The molecule has 2 saturated carbocycles. The number of carbonyl (C=O) groups excluding carboxylic acids is 4. The van der Waals surface area contributed by atoms with E-state index in [0.717, 1.165) is 31.4 Å². The van der Waals surface area contributed by atoms with Gasteiger partial charge in [-0.25, -0.2) is 13.2 Å². The van der Waals surface area contributed by atoms with Gasteiger partial charge in [-0.2, -0.15) is 4.98 Å². The number of benzene rings is 2. The quantitative estimate of drug-likeness (QED) is 0.181. The van der Waals surface area contributed by atoms with E-state index >= 15 is 0 Å². The van der Waals surface area contributed by atoms with Crippen molar-refractivity contribution in [2.75, 3.05) is 17.2 Å². The van der Waals surface area contributed by atoms with Crippen LogP contribution in [0.2, 0.25) is 0 Å². The number of hydrogen-bond acceptors (Lipinski definition) is 10. The third kappa shape index (κ3) is 9.07. The number of amides is 4. The molecule has 3 heterocycles. The Hall–Kier alpha value is -5.12. The minimum absolute atomic E-state index is 0.0451. The van der Waals surface area contributed by atoms with E-state index in [4.69, 9.17) is 14.5 Å². The summed E-state index contributed by atoms with van der Waals surface area (Å²) in [4.78, 5) is 62.5. The van der Waals surface area contributed by atoms with Gasteiger partial charge in [-0.15, -0.1) is 0 Å². The molecule has 3 fully saturated rings. The highest BCUT2D eigenvalue weighted by atomic mass is 32.2. The smallest absolute Gasteiger partial charge is 0.412 e. The van der Waals surface area contributed by atoms with E-state index in [-0.39, 0.29) is 37.3 Å². The number of allylic oxidation sites excluding steroid dienone is 1. The summed E-state index contributed by atoms with van der Waals surface area (Å²) in [5.41, 5.74) is 0.169. The Balaban J connectivity index is 1.21. The SMILES string of the molecule is CC(C)n1c(O[C@@H]2C[C@H]3C(=O)N[C@]4(C(=O)NS(=O)(=O)C5(C)CC5)C[C@H]4C=CCCCCC[C@H](Nc4ccccc4)C(=O)N3C2)nc2c(NC(=O)OC(C)(C)C)cccc21. The average Bonchev–Trinajstić information content (AvgIpc) is 3.98. The Morgan fingerprint density at radius 1 is 1.02 bits per heavy atom. The molecule has 0 spiro atoms. The normalized spacial score (nSPS) is 25.8. The van der Waals surface area contributed by atoms with Crippen molar-refractivity contribution in [1.29, 1.82) is 0 Å². The van der Waals surface area contributed by atoms with Gasteiger partial charge >= 0.3 is 6.09 Å². The zero-order chi connectivity index (χ0) is 42.3. The van der Waals surface area contributed by atoms with Crippen molar-refractivity contribution < 1.29 is 37.1 Å². The van der Waals surface area contributed by atoms with Crippen molar-refractivity contribution in [2.45, 2.75) is 139 Å². The molecule has 2 aliphatic carbocycles. The lowest BCUT2D eigenvalue weighted by Crippen LogP contribution is -2.58. The predicted molar refractivity (Wildman–Crippen MR) is 224 cm³/mol. The number of ether oxygens (including phenoxy) is 2. The van der Waals surface area contributed by atoms with E-state index in [9.17, 15) is 27.6 Å². The van der Waals surface area contributed by atoms with Crippen LogP contribution >= 0.6 is 0 Å². The van der Waals surface area contributed by atoms with Crippen LogP contribution in [0.3, 0.4) is 0 Å². The molecule has 7 rings (SSSR count). The fourth-order valence-electron chi connectivity index (χ4n) is 8.02. The van der Waals surface area contributed by atoms with Crippen molar-refractivity contribution in [3.8, 4) is 6.01 Å². The summed E-state index contributed by atoms with van der Waals surface area (Å²) in [7, 11) is -3.98. The second-order valence-electron chi connectivity index (χ2n) is 17.9. The van der Waals surface area contributed by atoms with E-state index in [1.54, 1.807) is 39.8 Å². The molecule has 16 heteroatoms. The number of imidazole rings is 1. The summed E-state index contributed by atoms with van der Waals surface area (Å²) in [6, 6.07) is 13.3. The second-order valence-corrected chi connectivity index (χ2v) is 20.1. The molecule has 2 aromatic carbocycles. The lowest BCUT2D eigenvalue weighted by atomic mass is 10.0. The van der Waals surface area contributed by atoms with E-state index in [0.29, 0.717) is 36.0 Å². The molecular weight excluding hydrogens is 775 g/mol. The fraction of sp³-hybridized carbons (Fsp3) is 0.558. The first-order chi connectivity index (χ1) is 27.9. The van der Waals surface area contributed by atoms with Gasteiger partial charge in [0.1, 0.15) is 34.8 Å². The van der Waals surface area contributed by atoms with Gasteiger partial charge in [-0.3, -0.25) is 29.0 Å². The lowest BCUT2D eigenvalue weighted by molar-refractivity contribution is -0.140. The number of carbonyl (C=O) groups is 4. The summed E-state index contributed by atoms with van der Waals surface area (Å²) in [5, 5.41) is 9.17. The number of anilines is 2. The van der Waals surface area contributed by atoms with Gasteiger partial charge in [0.25, 0.3) is 11.9 Å². The second kappa shape index (κ2) is 16.1. The number of hydrogen-bond donors (Lipinski definition) is 4. The molecule has 318 valence electrons. The Kier molecular flexibility index (Phi) is 11.5. The highest BCUT2D eigenvalue weighted by Crippen LogP contribution is 2.47. The number of sulfonamides is 1. The third-order valence-corrected chi connectivity index (χ3v) is 13.9. The predicted octanol–water partition coefficient (Wildman–Crippen LogP) is 6.19. The highest BCUT2D eigenvalue weighted by Gasteiger charge is 2.63. The summed E-state index contributed by atoms with van der Waals surface area (Å²) < 4.78 is 41.8. The Morgan fingerprint density at radius 2 is 1.76 bits per heavy atom. The van der Waals surface area contributed by atoms with Crippen LogP contribution in [0.4, 0.5) is 16.2 Å². The van der Waals surface area contributed by atoms with Gasteiger partial charge in [0, 0.05) is 24.1 Å². The molecule has 15 nitrogen and oxygen atoms in total. The molecule has 59 heavy (non-hydrogen) atoms. The topological polar surface area (TPSA) is 190 Å². The van der Waals surface area contributed by atoms with Crippen LogP contribution in [0.5, 0.6) is 6.01 Å². The summed E-state index contributed by atoms with van der Waals surface area (Å²) >= 11 is 0. The molecule has 1 saturated heterocycles. The van der Waals surface area contributed by atoms with Crippen LogP contribution in [-0.2, 0) is 29.1 Å². The molecule has 2 aliphatic heterocycles. The first-order valence-electron chi connectivity index (χ1n) is 20.7. The summed E-state index contributed by atoms with van der Waals surface area (Å²) in [6.07, 6.45) is 7.52. The maximum Gasteiger partial charge on any atom is 0.412 e. The van der Waals surface area contributed by atoms with Gasteiger partial charge in [0.05, 0.1) is 22.5 Å². The molecule has 0 unspecified atom stereocenters. The van der Waals surface area contributed by atoms with Crippen LogP contribution in [-0.4, -0.2) is 87.3 Å². The fourth-order valence-corrected chi connectivity index (χ4v) is 9.34. The van der Waals surface area contributed by atoms with Gasteiger partial charge in [-0.1, -0.05) is 49.3 Å². The number of fused-ring (bicyclic) bond motifs is 3. The van der Waals surface area contributed by atoms with Gasteiger partial charge in [0.2, 0.25) is 21.8 Å². The van der Waals surface area contributed by atoms with Crippen LogP contribution < -0.4 is 25.4 Å². The first kappa shape index (κ1) is 42.0. The monoisotopic (exact) mass is 831 g/mol. The van der Waals surface area contributed by atoms with E-state index in [1.807, 2.05) is 67.0 Å². The minimum Gasteiger partial charge on any atom is -0.459 e. The van der Waals surface area contributed by atoms with Crippen molar-refractivity contribution in [3.63, 3.8) is 0 Å². The molecule has 3 aromatic rings. The Bertz CT molecular complexity index is 2230. The largest absolute Gasteiger partial charge is 0.459 e. The van der Waals surface area contributed by atoms with Gasteiger partial charge in [-0.05, 0) is 104 Å². The summed E-state index contributed by atoms with van der Waals surface area (Å²) in [6.45, 7) is 10.9. The zero-order valence-corrected chi connectivity index (χ0v) is 35.6. The van der Waals surface area contributed by atoms with Crippen molar-refractivity contribution in [3.05, 3.63) is 60.7 Å². The van der Waals surface area contributed by atoms with Crippen LogP contribution in [0.25, 0.3) is 11.0 Å². The molecule has 0 radical (unpaired) electrons. The number of para-hydroxylation sites is 2. The van der Waals surface area contributed by atoms with Crippen molar-refractivity contribution in [1.82, 2.24) is 24.5 Å². The minimum atomic E-state index is -3.98. The molecule has 4 N–H and O–H groups in total. The zero-order valence-electron chi connectivity index (χ0n) is 34.7. The Labute approximate surface area is 346 Å².